The quantitative estimate of drug-likeness (QED) is 0.800. The number of benzene rings is 2. The predicted octanol–water partition coefficient (Wildman–Crippen LogP) is 2.64. The van der Waals surface area contributed by atoms with Gasteiger partial charge in [0.1, 0.15) is 11.0 Å². The third-order valence-electron chi connectivity index (χ3n) is 5.94. The van der Waals surface area contributed by atoms with Crippen LogP contribution in [0, 0.1) is 0 Å². The first-order valence-electron chi connectivity index (χ1n) is 10.1. The minimum absolute atomic E-state index is 0.0674. The summed E-state index contributed by atoms with van der Waals surface area (Å²) in [5, 5.41) is 1.42. The number of hydrogen-bond acceptors (Lipinski definition) is 5. The fourth-order valence-corrected chi connectivity index (χ4v) is 5.89. The molecule has 0 aliphatic carbocycles. The molecule has 7 nitrogen and oxygen atoms in total. The van der Waals surface area contributed by atoms with Gasteiger partial charge in [-0.05, 0) is 23.8 Å². The highest BCUT2D eigenvalue weighted by molar-refractivity contribution is 8.00. The van der Waals surface area contributed by atoms with Crippen LogP contribution in [0.3, 0.4) is 0 Å². The number of ether oxygens (including phenoxy) is 1. The van der Waals surface area contributed by atoms with Crippen LogP contribution in [0.15, 0.2) is 54.6 Å². The number of urea groups is 1. The Labute approximate surface area is 179 Å². The molecule has 2 aromatic rings. The second-order valence-corrected chi connectivity index (χ2v) is 8.94. The van der Waals surface area contributed by atoms with Gasteiger partial charge in [0.15, 0.2) is 6.29 Å². The van der Waals surface area contributed by atoms with Gasteiger partial charge in [-0.3, -0.25) is 14.7 Å². The zero-order valence-electron chi connectivity index (χ0n) is 16.7. The summed E-state index contributed by atoms with van der Waals surface area (Å²) in [5.74, 6) is 1.71. The van der Waals surface area contributed by atoms with E-state index in [1.165, 1.54) is 0 Å². The van der Waals surface area contributed by atoms with Crippen molar-refractivity contribution in [2.45, 2.75) is 37.1 Å². The zero-order valence-corrected chi connectivity index (χ0v) is 17.5. The Morgan fingerprint density at radius 2 is 1.83 bits per heavy atom. The molecule has 0 saturated carbocycles. The average Bonchev–Trinajstić information content (AvgIpc) is 3.37. The molecule has 3 aliphatic rings. The number of thioether (sulfide) groups is 1. The van der Waals surface area contributed by atoms with Gasteiger partial charge >= 0.3 is 6.03 Å². The molecule has 0 spiro atoms. The van der Waals surface area contributed by atoms with E-state index in [1.54, 1.807) is 28.8 Å². The minimum Gasteiger partial charge on any atom is -0.496 e. The predicted molar refractivity (Wildman–Crippen MR) is 114 cm³/mol. The maximum atomic E-state index is 13.4. The summed E-state index contributed by atoms with van der Waals surface area (Å²) in [6.07, 6.45) is 0.353. The van der Waals surface area contributed by atoms with Gasteiger partial charge in [0.25, 0.3) is 0 Å². The molecule has 0 radical (unpaired) electrons. The molecule has 0 bridgehead atoms. The number of carbonyl (C=O) groups is 2. The summed E-state index contributed by atoms with van der Waals surface area (Å²) < 4.78 is 5.49. The molecule has 3 heterocycles. The number of nitrogens with zero attached hydrogens (tertiary/aromatic N) is 3. The van der Waals surface area contributed by atoms with Gasteiger partial charge in [-0.15, -0.1) is 11.8 Å². The van der Waals surface area contributed by atoms with E-state index in [9.17, 15) is 9.59 Å². The monoisotopic (exact) mass is 424 g/mol. The zero-order chi connectivity index (χ0) is 20.7. The van der Waals surface area contributed by atoms with E-state index in [-0.39, 0.29) is 23.2 Å². The molecular weight excluding hydrogens is 400 g/mol. The first kappa shape index (κ1) is 19.3. The third-order valence-corrected chi connectivity index (χ3v) is 7.29. The lowest BCUT2D eigenvalue weighted by molar-refractivity contribution is -0.145. The van der Waals surface area contributed by atoms with Gasteiger partial charge in [0.2, 0.25) is 5.91 Å². The molecule has 0 aromatic heterocycles. The Morgan fingerprint density at radius 3 is 2.63 bits per heavy atom. The summed E-state index contributed by atoms with van der Waals surface area (Å²) in [5.41, 5.74) is 5.27. The lowest BCUT2D eigenvalue weighted by Crippen LogP contribution is -2.65. The lowest BCUT2D eigenvalue weighted by atomic mass is 10.0. The van der Waals surface area contributed by atoms with Crippen molar-refractivity contribution in [1.29, 1.82) is 0 Å². The van der Waals surface area contributed by atoms with Crippen molar-refractivity contribution in [1.82, 2.24) is 20.2 Å². The smallest absolute Gasteiger partial charge is 0.337 e. The molecule has 1 N–H and O–H groups in total. The number of amides is 3. The normalized spacial score (nSPS) is 25.5. The van der Waals surface area contributed by atoms with Gasteiger partial charge in [-0.25, -0.2) is 4.79 Å². The van der Waals surface area contributed by atoms with E-state index in [4.69, 9.17) is 4.74 Å². The number of hydrazine groups is 1. The van der Waals surface area contributed by atoms with E-state index in [0.29, 0.717) is 13.1 Å². The van der Waals surface area contributed by atoms with Crippen molar-refractivity contribution in [3.8, 4) is 5.75 Å². The van der Waals surface area contributed by atoms with Gasteiger partial charge in [-0.1, -0.05) is 48.5 Å². The average molecular weight is 425 g/mol. The number of carbonyl (C=O) groups excluding carboxylic acids is 2. The number of methoxy groups -OCH3 is 1. The number of fused-ring (bicyclic) bond motifs is 3. The van der Waals surface area contributed by atoms with Gasteiger partial charge < -0.3 is 9.64 Å². The Balaban J connectivity index is 1.45. The Hall–Kier alpha value is -2.71. The van der Waals surface area contributed by atoms with Crippen molar-refractivity contribution >= 4 is 23.7 Å². The van der Waals surface area contributed by atoms with E-state index in [2.05, 4.69) is 5.43 Å². The van der Waals surface area contributed by atoms with Crippen LogP contribution < -0.4 is 10.2 Å². The summed E-state index contributed by atoms with van der Waals surface area (Å²) in [6.45, 7) is 0.834. The fraction of sp³-hybridized carbons (Fsp3) is 0.364. The molecule has 3 aliphatic heterocycles. The second kappa shape index (κ2) is 7.85. The molecule has 3 saturated heterocycles. The highest BCUT2D eigenvalue weighted by Gasteiger charge is 2.55. The molecule has 30 heavy (non-hydrogen) atoms. The van der Waals surface area contributed by atoms with Crippen molar-refractivity contribution in [2.24, 2.45) is 0 Å². The van der Waals surface area contributed by atoms with Crippen molar-refractivity contribution in [2.75, 3.05) is 12.9 Å². The van der Waals surface area contributed by atoms with Crippen molar-refractivity contribution in [3.05, 3.63) is 65.7 Å². The molecule has 8 heteroatoms. The van der Waals surface area contributed by atoms with Gasteiger partial charge in [0, 0.05) is 5.56 Å². The Bertz CT molecular complexity index is 956. The molecule has 5 rings (SSSR count). The SMILES string of the molecule is COc1ccccc1CN1C(=O)C2SCCC2N2C(=O)N(Cc3ccccc3)NC12. The maximum Gasteiger partial charge on any atom is 0.337 e. The standard InChI is InChI=1S/C22H24N4O3S/c1-29-18-10-6-5-9-16(18)14-24-20(27)19-17(11-12-30-19)26-21(24)23-25(22(26)28)13-15-7-3-2-4-8-15/h2-10,17,19,21,23H,11-14H2,1H3. The van der Waals surface area contributed by atoms with Crippen LogP contribution in [-0.2, 0) is 17.9 Å². The van der Waals surface area contributed by atoms with E-state index in [0.717, 1.165) is 29.1 Å². The number of para-hydroxylation sites is 1. The number of rotatable bonds is 5. The third kappa shape index (κ3) is 3.20. The number of nitrogens with one attached hydrogen (secondary N) is 1. The topological polar surface area (TPSA) is 65.1 Å². The molecule has 2 aromatic carbocycles. The molecule has 3 fully saturated rings. The van der Waals surface area contributed by atoms with Gasteiger partial charge in [-0.2, -0.15) is 5.43 Å². The molecule has 3 amide bonds. The van der Waals surface area contributed by atoms with E-state index in [1.807, 2.05) is 59.5 Å². The van der Waals surface area contributed by atoms with E-state index >= 15 is 0 Å². The van der Waals surface area contributed by atoms with Crippen LogP contribution in [0.2, 0.25) is 0 Å². The largest absolute Gasteiger partial charge is 0.496 e. The van der Waals surface area contributed by atoms with Gasteiger partial charge in [0.05, 0.1) is 26.2 Å². The molecule has 3 atom stereocenters. The highest BCUT2D eigenvalue weighted by atomic mass is 32.2. The summed E-state index contributed by atoms with van der Waals surface area (Å²) >= 11 is 1.65. The molecule has 156 valence electrons. The second-order valence-electron chi connectivity index (χ2n) is 7.69. The number of hydrogen-bond donors (Lipinski definition) is 1. The van der Waals surface area contributed by atoms with E-state index < -0.39 is 6.29 Å². The van der Waals surface area contributed by atoms with Crippen molar-refractivity contribution in [3.63, 3.8) is 0 Å². The summed E-state index contributed by atoms with van der Waals surface area (Å²) in [6, 6.07) is 17.4. The van der Waals surface area contributed by atoms with Crippen LogP contribution in [0.4, 0.5) is 4.79 Å². The van der Waals surface area contributed by atoms with Crippen LogP contribution in [0.1, 0.15) is 17.5 Å². The maximum absolute atomic E-state index is 13.4. The minimum atomic E-state index is -0.487. The van der Waals surface area contributed by atoms with Crippen LogP contribution in [0.5, 0.6) is 5.75 Å². The molecular formula is C22H24N4O3S. The van der Waals surface area contributed by atoms with Crippen LogP contribution in [0.25, 0.3) is 0 Å². The Kier molecular flexibility index (Phi) is 5.04. The fourth-order valence-electron chi connectivity index (χ4n) is 4.49. The van der Waals surface area contributed by atoms with Crippen LogP contribution in [-0.4, -0.2) is 57.2 Å². The first-order chi connectivity index (χ1) is 14.7. The summed E-state index contributed by atoms with van der Waals surface area (Å²) in [7, 11) is 1.63. The Morgan fingerprint density at radius 1 is 1.07 bits per heavy atom. The highest BCUT2D eigenvalue weighted by Crippen LogP contribution is 2.40. The van der Waals surface area contributed by atoms with Crippen molar-refractivity contribution < 1.29 is 14.3 Å². The lowest BCUT2D eigenvalue weighted by Gasteiger charge is -2.44. The molecule has 3 unspecified atom stereocenters. The summed E-state index contributed by atoms with van der Waals surface area (Å²) in [4.78, 5) is 30.4. The van der Waals surface area contributed by atoms with Crippen LogP contribution >= 0.6 is 11.8 Å². The first-order valence-corrected chi connectivity index (χ1v) is 11.2.